The van der Waals surface area contributed by atoms with Crippen LogP contribution in [-0.4, -0.2) is 17.0 Å². The van der Waals surface area contributed by atoms with Crippen molar-refractivity contribution in [1.29, 1.82) is 0 Å². The van der Waals surface area contributed by atoms with E-state index in [1.165, 1.54) is 18.6 Å². The van der Waals surface area contributed by atoms with Crippen LogP contribution >= 0.6 is 11.8 Å². The number of nitrogens with one attached hydrogen (secondary N) is 1. The van der Waals surface area contributed by atoms with E-state index in [2.05, 4.69) is 38.0 Å². The number of rotatable bonds is 2. The van der Waals surface area contributed by atoms with Crippen LogP contribution in [0.5, 0.6) is 0 Å². The van der Waals surface area contributed by atoms with Gasteiger partial charge >= 0.3 is 0 Å². The van der Waals surface area contributed by atoms with Gasteiger partial charge in [-0.3, -0.25) is 11.3 Å². The molecule has 0 radical (unpaired) electrons. The highest BCUT2D eigenvalue weighted by molar-refractivity contribution is 8.00. The molecule has 3 heteroatoms. The first-order valence-corrected chi connectivity index (χ1v) is 5.68. The van der Waals surface area contributed by atoms with E-state index in [9.17, 15) is 0 Å². The standard InChI is InChI=1S/C9H20N2S/c1-9(2,3)8(11-10)7-5-4-6-12-7/h7-8,11H,4-6,10H2,1-3H3. The lowest BCUT2D eigenvalue weighted by Crippen LogP contribution is -2.50. The zero-order chi connectivity index (χ0) is 9.19. The van der Waals surface area contributed by atoms with Gasteiger partial charge in [-0.05, 0) is 24.0 Å². The average Bonchev–Trinajstić information content (AvgIpc) is 2.38. The summed E-state index contributed by atoms with van der Waals surface area (Å²) < 4.78 is 0. The van der Waals surface area contributed by atoms with E-state index in [0.717, 1.165) is 5.25 Å². The Bertz CT molecular complexity index is 136. The Labute approximate surface area is 79.6 Å². The van der Waals surface area contributed by atoms with Gasteiger partial charge in [0.25, 0.3) is 0 Å². The number of hydrogen-bond acceptors (Lipinski definition) is 3. The van der Waals surface area contributed by atoms with Crippen LogP contribution in [0.2, 0.25) is 0 Å². The van der Waals surface area contributed by atoms with Crippen molar-refractivity contribution in [3.63, 3.8) is 0 Å². The Morgan fingerprint density at radius 2 is 2.17 bits per heavy atom. The Morgan fingerprint density at radius 3 is 2.50 bits per heavy atom. The summed E-state index contributed by atoms with van der Waals surface area (Å²) >= 11 is 2.06. The van der Waals surface area contributed by atoms with E-state index in [4.69, 9.17) is 5.84 Å². The highest BCUT2D eigenvalue weighted by Gasteiger charge is 2.33. The van der Waals surface area contributed by atoms with Crippen molar-refractivity contribution in [2.45, 2.75) is 44.9 Å². The van der Waals surface area contributed by atoms with Crippen molar-refractivity contribution < 1.29 is 0 Å². The largest absolute Gasteiger partial charge is 0.271 e. The van der Waals surface area contributed by atoms with Crippen molar-refractivity contribution >= 4 is 11.8 Å². The molecule has 2 nitrogen and oxygen atoms in total. The van der Waals surface area contributed by atoms with Gasteiger partial charge in [-0.25, -0.2) is 0 Å². The molecule has 72 valence electrons. The molecule has 0 spiro atoms. The molecule has 3 N–H and O–H groups in total. The Morgan fingerprint density at radius 1 is 1.50 bits per heavy atom. The van der Waals surface area contributed by atoms with Crippen LogP contribution in [0.15, 0.2) is 0 Å². The molecular weight excluding hydrogens is 168 g/mol. The smallest absolute Gasteiger partial charge is 0.0377 e. The summed E-state index contributed by atoms with van der Waals surface area (Å²) in [7, 11) is 0. The molecule has 2 atom stereocenters. The quantitative estimate of drug-likeness (QED) is 0.512. The average molecular weight is 188 g/mol. The van der Waals surface area contributed by atoms with Crippen molar-refractivity contribution in [1.82, 2.24) is 5.43 Å². The summed E-state index contributed by atoms with van der Waals surface area (Å²) in [5, 5.41) is 0.718. The van der Waals surface area contributed by atoms with E-state index >= 15 is 0 Å². The first-order chi connectivity index (χ1) is 5.55. The third-order valence-corrected chi connectivity index (χ3v) is 3.91. The van der Waals surface area contributed by atoms with Crippen LogP contribution in [0.3, 0.4) is 0 Å². The van der Waals surface area contributed by atoms with Crippen molar-refractivity contribution in [2.24, 2.45) is 11.3 Å². The summed E-state index contributed by atoms with van der Waals surface area (Å²) in [5.74, 6) is 6.88. The van der Waals surface area contributed by atoms with Gasteiger partial charge in [-0.2, -0.15) is 11.8 Å². The fraction of sp³-hybridized carbons (Fsp3) is 1.00. The second-order valence-corrected chi connectivity index (χ2v) is 5.91. The molecule has 1 aliphatic heterocycles. The summed E-state index contributed by atoms with van der Waals surface area (Å²) in [6, 6.07) is 0.449. The SMILES string of the molecule is CC(C)(C)C(NN)C1CCCS1. The van der Waals surface area contributed by atoms with Gasteiger partial charge in [0.15, 0.2) is 0 Å². The summed E-state index contributed by atoms with van der Waals surface area (Å²) in [6.07, 6.45) is 2.67. The fourth-order valence-electron chi connectivity index (χ4n) is 1.78. The van der Waals surface area contributed by atoms with E-state index in [-0.39, 0.29) is 5.41 Å². The maximum absolute atomic E-state index is 5.58. The van der Waals surface area contributed by atoms with Crippen LogP contribution in [0.4, 0.5) is 0 Å². The molecule has 1 heterocycles. The predicted molar refractivity (Wildman–Crippen MR) is 56.0 cm³/mol. The molecule has 1 aliphatic rings. The van der Waals surface area contributed by atoms with Crippen LogP contribution in [0.1, 0.15) is 33.6 Å². The molecule has 0 aliphatic carbocycles. The highest BCUT2D eigenvalue weighted by Crippen LogP contribution is 2.35. The topological polar surface area (TPSA) is 38.0 Å². The van der Waals surface area contributed by atoms with Gasteiger partial charge in [0.05, 0.1) is 0 Å². The van der Waals surface area contributed by atoms with Gasteiger partial charge in [0.2, 0.25) is 0 Å². The van der Waals surface area contributed by atoms with Crippen molar-refractivity contribution in [3.05, 3.63) is 0 Å². The van der Waals surface area contributed by atoms with Gasteiger partial charge in [-0.15, -0.1) is 0 Å². The molecule has 2 unspecified atom stereocenters. The Balaban J connectivity index is 2.54. The first kappa shape index (κ1) is 10.4. The molecule has 1 rings (SSSR count). The Kier molecular flexibility index (Phi) is 3.44. The molecule has 0 saturated carbocycles. The number of thioether (sulfide) groups is 1. The second kappa shape index (κ2) is 3.99. The minimum atomic E-state index is 0.275. The number of nitrogens with two attached hydrogens (primary N) is 1. The predicted octanol–water partition coefficient (Wildman–Crippen LogP) is 1.76. The monoisotopic (exact) mass is 188 g/mol. The second-order valence-electron chi connectivity index (χ2n) is 4.56. The molecule has 0 amide bonds. The molecule has 12 heavy (non-hydrogen) atoms. The van der Waals surface area contributed by atoms with E-state index in [1.54, 1.807) is 0 Å². The minimum absolute atomic E-state index is 0.275. The number of hydrazine groups is 1. The number of hydrogen-bond donors (Lipinski definition) is 2. The molecule has 1 saturated heterocycles. The third-order valence-electron chi connectivity index (χ3n) is 2.45. The van der Waals surface area contributed by atoms with Gasteiger partial charge in [0, 0.05) is 11.3 Å². The van der Waals surface area contributed by atoms with E-state index in [0.29, 0.717) is 6.04 Å². The summed E-state index contributed by atoms with van der Waals surface area (Å²) in [6.45, 7) is 6.74. The van der Waals surface area contributed by atoms with Crippen molar-refractivity contribution in [3.8, 4) is 0 Å². The van der Waals surface area contributed by atoms with Crippen LogP contribution in [0.25, 0.3) is 0 Å². The Hall–Kier alpha value is 0.270. The van der Waals surface area contributed by atoms with E-state index in [1.807, 2.05) is 0 Å². The molecular formula is C9H20N2S. The molecule has 0 bridgehead atoms. The van der Waals surface area contributed by atoms with Gasteiger partial charge < -0.3 is 0 Å². The molecule has 1 fully saturated rings. The van der Waals surface area contributed by atoms with Gasteiger partial charge in [0.1, 0.15) is 0 Å². The lowest BCUT2D eigenvalue weighted by molar-refractivity contribution is 0.262. The lowest BCUT2D eigenvalue weighted by Gasteiger charge is -2.34. The molecule has 0 aromatic rings. The highest BCUT2D eigenvalue weighted by atomic mass is 32.2. The van der Waals surface area contributed by atoms with Crippen LogP contribution in [-0.2, 0) is 0 Å². The van der Waals surface area contributed by atoms with Gasteiger partial charge in [-0.1, -0.05) is 20.8 Å². The minimum Gasteiger partial charge on any atom is -0.271 e. The fourth-order valence-corrected chi connectivity index (χ4v) is 3.43. The summed E-state index contributed by atoms with van der Waals surface area (Å²) in [4.78, 5) is 0. The third kappa shape index (κ3) is 2.38. The lowest BCUT2D eigenvalue weighted by atomic mass is 9.84. The normalized spacial score (nSPS) is 27.5. The molecule has 0 aromatic carbocycles. The zero-order valence-electron chi connectivity index (χ0n) is 8.26. The van der Waals surface area contributed by atoms with E-state index < -0.39 is 0 Å². The van der Waals surface area contributed by atoms with Crippen molar-refractivity contribution in [2.75, 3.05) is 5.75 Å². The zero-order valence-corrected chi connectivity index (χ0v) is 9.08. The maximum atomic E-state index is 5.58. The maximum Gasteiger partial charge on any atom is 0.0377 e. The molecule has 0 aromatic heterocycles. The first-order valence-electron chi connectivity index (χ1n) is 4.63. The summed E-state index contributed by atoms with van der Waals surface area (Å²) in [5.41, 5.74) is 3.24. The van der Waals surface area contributed by atoms with Crippen LogP contribution < -0.4 is 11.3 Å². The van der Waals surface area contributed by atoms with Crippen LogP contribution in [0, 0.1) is 5.41 Å².